The molecule has 17 heavy (non-hydrogen) atoms. The molecule has 1 aromatic carbocycles. The van der Waals surface area contributed by atoms with Crippen LogP contribution in [0.4, 0.5) is 0 Å². The van der Waals surface area contributed by atoms with E-state index in [4.69, 9.17) is 4.74 Å². The van der Waals surface area contributed by atoms with Crippen LogP contribution in [0.15, 0.2) is 29.2 Å². The number of thioether (sulfide) groups is 1. The third-order valence-corrected chi connectivity index (χ3v) is 4.22. The third kappa shape index (κ3) is 3.17. The molecule has 2 unspecified atom stereocenters. The Bertz CT molecular complexity index is 356. The Morgan fingerprint density at radius 2 is 2.24 bits per heavy atom. The molecule has 1 aliphatic heterocycles. The number of benzene rings is 1. The van der Waals surface area contributed by atoms with Crippen LogP contribution in [0.5, 0.6) is 5.75 Å². The Morgan fingerprint density at radius 3 is 3.00 bits per heavy atom. The number of hydrogen-bond acceptors (Lipinski definition) is 3. The molecule has 1 aliphatic rings. The molecule has 0 bridgehead atoms. The van der Waals surface area contributed by atoms with Crippen molar-refractivity contribution in [2.45, 2.75) is 43.7 Å². The van der Waals surface area contributed by atoms with E-state index < -0.39 is 0 Å². The standard InChI is InChI=1S/C14H21NOS/c1-3-9-15-11(4-2)13-10-17-14-8-6-5-7-12(14)16-13/h5-8,11,13,15H,3-4,9-10H2,1-2H3. The van der Waals surface area contributed by atoms with Crippen molar-refractivity contribution in [2.24, 2.45) is 0 Å². The lowest BCUT2D eigenvalue weighted by Gasteiger charge is -2.32. The summed E-state index contributed by atoms with van der Waals surface area (Å²) in [5.74, 6) is 2.09. The molecule has 0 radical (unpaired) electrons. The number of para-hydroxylation sites is 1. The first-order valence-corrected chi connectivity index (χ1v) is 7.45. The predicted octanol–water partition coefficient (Wildman–Crippen LogP) is 3.32. The van der Waals surface area contributed by atoms with Crippen LogP contribution >= 0.6 is 11.8 Å². The second-order valence-corrected chi connectivity index (χ2v) is 5.44. The fraction of sp³-hybridized carbons (Fsp3) is 0.571. The highest BCUT2D eigenvalue weighted by atomic mass is 32.2. The van der Waals surface area contributed by atoms with Crippen molar-refractivity contribution >= 4 is 11.8 Å². The van der Waals surface area contributed by atoms with Gasteiger partial charge in [0.15, 0.2) is 0 Å². The summed E-state index contributed by atoms with van der Waals surface area (Å²) in [5, 5.41) is 3.58. The van der Waals surface area contributed by atoms with E-state index in [0.717, 1.165) is 24.5 Å². The van der Waals surface area contributed by atoms with Gasteiger partial charge in [0.2, 0.25) is 0 Å². The Kier molecular flexibility index (Phi) is 4.75. The van der Waals surface area contributed by atoms with Crippen LogP contribution < -0.4 is 10.1 Å². The molecule has 0 saturated carbocycles. The second kappa shape index (κ2) is 6.31. The maximum absolute atomic E-state index is 6.10. The molecule has 0 amide bonds. The third-order valence-electron chi connectivity index (χ3n) is 3.08. The van der Waals surface area contributed by atoms with Crippen molar-refractivity contribution in [1.29, 1.82) is 0 Å². The second-order valence-electron chi connectivity index (χ2n) is 4.38. The van der Waals surface area contributed by atoms with Gasteiger partial charge >= 0.3 is 0 Å². The van der Waals surface area contributed by atoms with Gasteiger partial charge in [-0.3, -0.25) is 0 Å². The summed E-state index contributed by atoms with van der Waals surface area (Å²) in [7, 11) is 0. The van der Waals surface area contributed by atoms with Crippen LogP contribution in [0.25, 0.3) is 0 Å². The van der Waals surface area contributed by atoms with Gasteiger partial charge in [0.05, 0.1) is 0 Å². The zero-order chi connectivity index (χ0) is 12.1. The molecule has 2 rings (SSSR count). The van der Waals surface area contributed by atoms with Gasteiger partial charge in [-0.2, -0.15) is 0 Å². The number of fused-ring (bicyclic) bond motifs is 1. The van der Waals surface area contributed by atoms with Crippen LogP contribution in [0.3, 0.4) is 0 Å². The topological polar surface area (TPSA) is 21.3 Å². The van der Waals surface area contributed by atoms with Gasteiger partial charge in [-0.25, -0.2) is 0 Å². The van der Waals surface area contributed by atoms with Crippen molar-refractivity contribution in [1.82, 2.24) is 5.32 Å². The van der Waals surface area contributed by atoms with Gasteiger partial charge in [0.1, 0.15) is 11.9 Å². The largest absolute Gasteiger partial charge is 0.487 e. The van der Waals surface area contributed by atoms with E-state index in [-0.39, 0.29) is 0 Å². The lowest BCUT2D eigenvalue weighted by atomic mass is 10.1. The van der Waals surface area contributed by atoms with Crippen LogP contribution in [0.2, 0.25) is 0 Å². The van der Waals surface area contributed by atoms with Gasteiger partial charge in [-0.1, -0.05) is 26.0 Å². The highest BCUT2D eigenvalue weighted by Crippen LogP contribution is 2.35. The van der Waals surface area contributed by atoms with E-state index >= 15 is 0 Å². The number of rotatable bonds is 5. The van der Waals surface area contributed by atoms with E-state index in [0.29, 0.717) is 12.1 Å². The monoisotopic (exact) mass is 251 g/mol. The molecule has 0 fully saturated rings. The van der Waals surface area contributed by atoms with E-state index in [1.807, 2.05) is 17.8 Å². The van der Waals surface area contributed by atoms with E-state index in [1.165, 1.54) is 11.3 Å². The first-order valence-electron chi connectivity index (χ1n) is 6.47. The lowest BCUT2D eigenvalue weighted by molar-refractivity contribution is 0.163. The quantitative estimate of drug-likeness (QED) is 0.867. The predicted molar refractivity (Wildman–Crippen MR) is 74.0 cm³/mol. The van der Waals surface area contributed by atoms with Crippen molar-refractivity contribution in [3.8, 4) is 5.75 Å². The highest BCUT2D eigenvalue weighted by Gasteiger charge is 2.26. The van der Waals surface area contributed by atoms with Crippen molar-refractivity contribution in [2.75, 3.05) is 12.3 Å². The molecule has 2 atom stereocenters. The fourth-order valence-electron chi connectivity index (χ4n) is 2.10. The Hall–Kier alpha value is -0.670. The van der Waals surface area contributed by atoms with Crippen LogP contribution in [0, 0.1) is 0 Å². The summed E-state index contributed by atoms with van der Waals surface area (Å²) in [6.07, 6.45) is 2.59. The van der Waals surface area contributed by atoms with Crippen LogP contribution in [-0.2, 0) is 0 Å². The smallest absolute Gasteiger partial charge is 0.133 e. The number of hydrogen-bond donors (Lipinski definition) is 1. The molecule has 94 valence electrons. The normalized spacial score (nSPS) is 20.5. The summed E-state index contributed by atoms with van der Waals surface area (Å²) >= 11 is 1.91. The maximum atomic E-state index is 6.10. The van der Waals surface area contributed by atoms with Gasteiger partial charge in [0.25, 0.3) is 0 Å². The van der Waals surface area contributed by atoms with Crippen LogP contribution in [0.1, 0.15) is 26.7 Å². The summed E-state index contributed by atoms with van der Waals surface area (Å²) in [5.41, 5.74) is 0. The summed E-state index contributed by atoms with van der Waals surface area (Å²) in [6, 6.07) is 8.79. The summed E-state index contributed by atoms with van der Waals surface area (Å²) < 4.78 is 6.10. The van der Waals surface area contributed by atoms with Gasteiger partial charge in [-0.15, -0.1) is 11.8 Å². The molecule has 0 aliphatic carbocycles. The van der Waals surface area contributed by atoms with E-state index in [1.54, 1.807) is 0 Å². The Morgan fingerprint density at radius 1 is 1.41 bits per heavy atom. The number of nitrogens with one attached hydrogen (secondary N) is 1. The van der Waals surface area contributed by atoms with Gasteiger partial charge < -0.3 is 10.1 Å². The molecule has 0 aromatic heterocycles. The van der Waals surface area contributed by atoms with Crippen molar-refractivity contribution in [3.05, 3.63) is 24.3 Å². The average molecular weight is 251 g/mol. The average Bonchev–Trinajstić information content (AvgIpc) is 2.39. The van der Waals surface area contributed by atoms with E-state index in [2.05, 4.69) is 37.4 Å². The van der Waals surface area contributed by atoms with Crippen LogP contribution in [-0.4, -0.2) is 24.4 Å². The molecular weight excluding hydrogens is 230 g/mol. The summed E-state index contributed by atoms with van der Waals surface area (Å²) in [6.45, 7) is 5.50. The van der Waals surface area contributed by atoms with E-state index in [9.17, 15) is 0 Å². The highest BCUT2D eigenvalue weighted by molar-refractivity contribution is 7.99. The molecule has 2 nitrogen and oxygen atoms in total. The van der Waals surface area contributed by atoms with Gasteiger partial charge in [-0.05, 0) is 31.5 Å². The molecule has 0 spiro atoms. The maximum Gasteiger partial charge on any atom is 0.133 e. The molecule has 3 heteroatoms. The minimum Gasteiger partial charge on any atom is -0.487 e. The minimum absolute atomic E-state index is 0.298. The molecule has 1 heterocycles. The molecular formula is C14H21NOS. The SMILES string of the molecule is CCCNC(CC)C1CSc2ccccc2O1. The minimum atomic E-state index is 0.298. The zero-order valence-electron chi connectivity index (χ0n) is 10.6. The molecule has 1 aromatic rings. The first-order chi connectivity index (χ1) is 8.35. The number of ether oxygens (including phenoxy) is 1. The van der Waals surface area contributed by atoms with Gasteiger partial charge in [0, 0.05) is 16.7 Å². The van der Waals surface area contributed by atoms with Crippen molar-refractivity contribution < 1.29 is 4.74 Å². The Balaban J connectivity index is 2.00. The fourth-order valence-corrected chi connectivity index (χ4v) is 3.18. The molecule has 1 N–H and O–H groups in total. The summed E-state index contributed by atoms with van der Waals surface area (Å²) in [4.78, 5) is 1.27. The first kappa shape index (κ1) is 12.8. The lowest BCUT2D eigenvalue weighted by Crippen LogP contribution is -2.45. The zero-order valence-corrected chi connectivity index (χ0v) is 11.4. The van der Waals surface area contributed by atoms with Crippen molar-refractivity contribution in [3.63, 3.8) is 0 Å². The molecule has 0 saturated heterocycles. The Labute approximate surface area is 108 Å².